The zero-order chi connectivity index (χ0) is 44.2. The smallest absolute Gasteiger partial charge is 0.407 e. The molecular weight excluding hydrogens is 805 g/mol. The number of alkyl carbamates (subject to hydrolysis) is 2. The fourth-order valence-electron chi connectivity index (χ4n) is 8.91. The number of carbonyl (C=O) groups is 4. The molecule has 18 heteroatoms. The summed E-state index contributed by atoms with van der Waals surface area (Å²) in [5, 5.41) is 6.16. The lowest BCUT2D eigenvalue weighted by atomic mass is 10.0. The van der Waals surface area contributed by atoms with Crippen molar-refractivity contribution in [3.05, 3.63) is 66.5 Å². The van der Waals surface area contributed by atoms with Crippen LogP contribution in [0.2, 0.25) is 0 Å². The maximum Gasteiger partial charge on any atom is 0.407 e. The van der Waals surface area contributed by atoms with Gasteiger partial charge in [-0.1, -0.05) is 39.8 Å². The number of hydrogen-bond donors (Lipinski definition) is 4. The minimum absolute atomic E-state index is 0.140. The highest BCUT2D eigenvalue weighted by atomic mass is 19.3. The van der Waals surface area contributed by atoms with Crippen LogP contribution in [-0.4, -0.2) is 104 Å². The molecule has 328 valence electrons. The summed E-state index contributed by atoms with van der Waals surface area (Å²) < 4.78 is 47.9. The van der Waals surface area contributed by atoms with E-state index < -0.39 is 55.1 Å². The number of amides is 4. The number of hydrogen-bond acceptors (Lipinski definition) is 9. The van der Waals surface area contributed by atoms with E-state index >= 15 is 0 Å². The molecule has 4 N–H and O–H groups in total. The van der Waals surface area contributed by atoms with Crippen LogP contribution in [0.5, 0.6) is 5.75 Å². The summed E-state index contributed by atoms with van der Waals surface area (Å²) >= 11 is 0. The van der Waals surface area contributed by atoms with Gasteiger partial charge in [-0.2, -0.15) is 0 Å². The molecule has 8 rings (SSSR count). The van der Waals surface area contributed by atoms with Gasteiger partial charge in [-0.25, -0.2) is 28.3 Å². The van der Waals surface area contributed by atoms with Crippen LogP contribution in [0.25, 0.3) is 44.7 Å². The van der Waals surface area contributed by atoms with Crippen LogP contribution in [0, 0.1) is 11.8 Å². The van der Waals surface area contributed by atoms with Crippen LogP contribution in [0.15, 0.2) is 54.9 Å². The maximum atomic E-state index is 14.9. The molecule has 3 aromatic heterocycles. The number of methoxy groups -OCH3 is 2. The Morgan fingerprint density at radius 1 is 0.823 bits per heavy atom. The van der Waals surface area contributed by atoms with Crippen LogP contribution in [0.1, 0.15) is 83.8 Å². The topological polar surface area (TPSA) is 189 Å². The largest absolute Gasteiger partial charge is 0.470 e. The number of likely N-dealkylation sites (tertiary alicyclic amines) is 2. The van der Waals surface area contributed by atoms with Crippen LogP contribution in [-0.2, 0) is 19.1 Å². The van der Waals surface area contributed by atoms with Gasteiger partial charge in [0.15, 0.2) is 6.23 Å². The number of aromatic amines is 2. The third kappa shape index (κ3) is 7.81. The number of alkyl halides is 2. The first-order chi connectivity index (χ1) is 29.6. The Balaban J connectivity index is 1.02. The summed E-state index contributed by atoms with van der Waals surface area (Å²) in [7, 11) is 2.45. The molecule has 2 saturated heterocycles. The lowest BCUT2D eigenvalue weighted by Crippen LogP contribution is -2.51. The molecule has 6 heterocycles. The Morgan fingerprint density at radius 2 is 1.40 bits per heavy atom. The number of rotatable bonds is 10. The van der Waals surface area contributed by atoms with Crippen molar-refractivity contribution in [1.82, 2.24) is 44.9 Å². The van der Waals surface area contributed by atoms with Crippen LogP contribution >= 0.6 is 0 Å². The van der Waals surface area contributed by atoms with Gasteiger partial charge in [0, 0.05) is 35.0 Å². The number of benzene rings is 2. The first kappa shape index (κ1) is 42.2. The fraction of sp³-hybridized carbons (Fsp3) is 0.455. The molecule has 0 saturated carbocycles. The first-order valence-electron chi connectivity index (χ1n) is 20.8. The minimum atomic E-state index is -3.15. The van der Waals surface area contributed by atoms with Gasteiger partial charge >= 0.3 is 12.2 Å². The molecule has 0 spiro atoms. The summed E-state index contributed by atoms with van der Waals surface area (Å²) in [6, 6.07) is 10.9. The Hall–Kier alpha value is -6.46. The molecule has 0 radical (unpaired) electrons. The monoisotopic (exact) mass is 855 g/mol. The van der Waals surface area contributed by atoms with Gasteiger partial charge in [0.25, 0.3) is 5.92 Å². The second-order valence-electron chi connectivity index (χ2n) is 16.9. The van der Waals surface area contributed by atoms with Crippen molar-refractivity contribution in [2.24, 2.45) is 11.8 Å². The third-order valence-electron chi connectivity index (χ3n) is 12.1. The highest BCUT2D eigenvalue weighted by Gasteiger charge is 2.50. The van der Waals surface area contributed by atoms with Crippen molar-refractivity contribution in [1.29, 1.82) is 0 Å². The van der Waals surface area contributed by atoms with Gasteiger partial charge in [-0.15, -0.1) is 0 Å². The zero-order valence-corrected chi connectivity index (χ0v) is 35.6. The van der Waals surface area contributed by atoms with Crippen molar-refractivity contribution >= 4 is 34.9 Å². The number of ether oxygens (including phenoxy) is 3. The molecule has 3 aliphatic rings. The first-order valence-corrected chi connectivity index (χ1v) is 20.8. The highest BCUT2D eigenvalue weighted by molar-refractivity contribution is 5.92. The van der Waals surface area contributed by atoms with E-state index in [1.807, 2.05) is 51.1 Å². The number of aromatic nitrogens is 5. The van der Waals surface area contributed by atoms with Gasteiger partial charge in [0.05, 0.1) is 67.8 Å². The Kier molecular flexibility index (Phi) is 11.2. The van der Waals surface area contributed by atoms with Gasteiger partial charge in [-0.3, -0.25) is 9.59 Å². The molecular formula is C44H51F2N9O7. The standard InChI is InChI=1S/C44H51F2N9O7/c1-22(2)36(51-42(58)60-6)40(56)53-14-8-9-32(53)38-47-19-29(49-38)25-11-13-31-27(15-25)16-33-28-12-10-26(17-35(28)62-24(5)55(31)33)30-20-48-39(50-30)34-18-44(45,46)21-54(34)41(57)37(23(3)4)52-43(59)61-7/h10-13,15-17,19-20,22-24,32,34,36-37H,8-9,14,18,21H2,1-7H3,(H,47,49)(H,48,50)(H,51,58)(H,52,59). The molecule has 5 atom stereocenters. The lowest BCUT2D eigenvalue weighted by molar-refractivity contribution is -0.137. The Bertz CT molecular complexity index is 2530. The lowest BCUT2D eigenvalue weighted by Gasteiger charge is -2.30. The molecule has 2 fully saturated rings. The number of carbonyl (C=O) groups excluding carboxylic acids is 4. The van der Waals surface area contributed by atoms with E-state index in [0.717, 1.165) is 51.2 Å². The summed E-state index contributed by atoms with van der Waals surface area (Å²) in [5.41, 5.74) is 5.80. The van der Waals surface area contributed by atoms with E-state index in [2.05, 4.69) is 47.0 Å². The molecule has 5 aromatic rings. The average molecular weight is 856 g/mol. The summed E-state index contributed by atoms with van der Waals surface area (Å²) in [6.07, 6.45) is 2.42. The summed E-state index contributed by atoms with van der Waals surface area (Å²) in [4.78, 5) is 70.0. The third-order valence-corrected chi connectivity index (χ3v) is 12.1. The molecule has 4 amide bonds. The summed E-state index contributed by atoms with van der Waals surface area (Å²) in [5.74, 6) is -2.97. The fourth-order valence-corrected chi connectivity index (χ4v) is 8.91. The zero-order valence-electron chi connectivity index (χ0n) is 35.6. The molecule has 2 aromatic carbocycles. The SMILES string of the molecule is COC(=O)NC(C(=O)N1CCCC1c1ncc(-c2ccc3c(c2)cc2n3C(C)Oc3cc(-c4cnc(C5CC(F)(F)CN5C(=O)C(NC(=O)OC)C(C)C)[nH]4)ccc3-2)[nH]1)C(C)C. The molecule has 3 aliphatic heterocycles. The van der Waals surface area contributed by atoms with Crippen molar-refractivity contribution < 1.29 is 42.2 Å². The number of halogens is 2. The molecule has 62 heavy (non-hydrogen) atoms. The van der Waals surface area contributed by atoms with Crippen LogP contribution in [0.3, 0.4) is 0 Å². The Labute approximate surface area is 356 Å². The Morgan fingerprint density at radius 3 is 2.02 bits per heavy atom. The second kappa shape index (κ2) is 16.4. The van der Waals surface area contributed by atoms with Crippen molar-refractivity contribution in [3.8, 4) is 39.5 Å². The predicted octanol–water partition coefficient (Wildman–Crippen LogP) is 7.33. The second-order valence-corrected chi connectivity index (χ2v) is 16.9. The normalized spacial score (nSPS) is 20.1. The quantitative estimate of drug-likeness (QED) is 0.112. The average Bonchev–Trinajstić information content (AvgIpc) is 4.09. The predicted molar refractivity (Wildman–Crippen MR) is 224 cm³/mol. The number of nitrogens with zero attached hydrogens (tertiary/aromatic N) is 5. The number of H-pyrrole nitrogens is 2. The number of fused-ring (bicyclic) bond motifs is 5. The van der Waals surface area contributed by atoms with E-state index in [0.29, 0.717) is 29.4 Å². The van der Waals surface area contributed by atoms with E-state index in [9.17, 15) is 28.0 Å². The molecule has 0 bridgehead atoms. The van der Waals surface area contributed by atoms with Crippen LogP contribution < -0.4 is 15.4 Å². The van der Waals surface area contributed by atoms with E-state index in [4.69, 9.17) is 14.5 Å². The van der Waals surface area contributed by atoms with Gasteiger partial charge in [0.2, 0.25) is 11.8 Å². The summed E-state index contributed by atoms with van der Waals surface area (Å²) in [6.45, 7) is 8.92. The van der Waals surface area contributed by atoms with Crippen molar-refractivity contribution in [3.63, 3.8) is 0 Å². The highest BCUT2D eigenvalue weighted by Crippen LogP contribution is 2.45. The van der Waals surface area contributed by atoms with E-state index in [-0.39, 0.29) is 35.8 Å². The van der Waals surface area contributed by atoms with Gasteiger partial charge in [-0.05, 0) is 61.9 Å². The van der Waals surface area contributed by atoms with Gasteiger partial charge in [0.1, 0.15) is 29.5 Å². The molecule has 16 nitrogen and oxygen atoms in total. The van der Waals surface area contributed by atoms with Crippen molar-refractivity contribution in [2.45, 2.75) is 90.2 Å². The minimum Gasteiger partial charge on any atom is -0.470 e. The van der Waals surface area contributed by atoms with Crippen LogP contribution in [0.4, 0.5) is 18.4 Å². The number of nitrogens with one attached hydrogen (secondary N) is 4. The van der Waals surface area contributed by atoms with Gasteiger partial charge < -0.3 is 49.2 Å². The molecule has 0 aliphatic carbocycles. The van der Waals surface area contributed by atoms with Crippen molar-refractivity contribution in [2.75, 3.05) is 27.3 Å². The number of imidazole rings is 2. The van der Waals surface area contributed by atoms with E-state index in [1.54, 1.807) is 31.1 Å². The maximum absolute atomic E-state index is 14.9. The van der Waals surface area contributed by atoms with E-state index in [1.165, 1.54) is 14.2 Å². The molecule has 5 unspecified atom stereocenters.